The Kier molecular flexibility index (Phi) is 10.2. The summed E-state index contributed by atoms with van der Waals surface area (Å²) in [4.78, 5) is 11.3. The van der Waals surface area contributed by atoms with E-state index in [9.17, 15) is 0 Å². The third-order valence-electron chi connectivity index (χ3n) is 3.91. The molecule has 1 aromatic heterocycles. The molecule has 1 rings (SSSR count). The Balaban J connectivity index is 2.73. The average Bonchev–Trinajstić information content (AvgIpc) is 2.60. The third kappa shape index (κ3) is 7.98. The highest BCUT2D eigenvalue weighted by molar-refractivity contribution is 5.79. The van der Waals surface area contributed by atoms with Crippen LogP contribution in [0.25, 0.3) is 0 Å². The molecule has 0 aliphatic carbocycles. The summed E-state index contributed by atoms with van der Waals surface area (Å²) in [5, 5.41) is 6.77. The number of aliphatic imine (C=N–C) groups is 1. The van der Waals surface area contributed by atoms with Gasteiger partial charge in [0, 0.05) is 38.4 Å². The second kappa shape index (κ2) is 12.3. The number of hydrogen-bond donors (Lipinski definition) is 2. The fraction of sp³-hybridized carbons (Fsp3) is 0.500. The van der Waals surface area contributed by atoms with Crippen molar-refractivity contribution in [3.05, 3.63) is 55.4 Å². The largest absolute Gasteiger partial charge is 0.357 e. The van der Waals surface area contributed by atoms with Gasteiger partial charge in [-0.15, -0.1) is 13.2 Å². The maximum atomic E-state index is 4.64. The molecule has 0 fully saturated rings. The molecule has 138 valence electrons. The van der Waals surface area contributed by atoms with Crippen LogP contribution in [0, 0.1) is 5.92 Å². The van der Waals surface area contributed by atoms with Crippen molar-refractivity contribution in [2.24, 2.45) is 10.9 Å². The minimum atomic E-state index is 0.370. The molecule has 5 heteroatoms. The predicted octanol–water partition coefficient (Wildman–Crippen LogP) is 2.84. The number of rotatable bonds is 11. The van der Waals surface area contributed by atoms with Crippen LogP contribution < -0.4 is 10.6 Å². The Hall–Kier alpha value is -2.14. The number of guanidine groups is 1. The van der Waals surface area contributed by atoms with E-state index in [0.717, 1.165) is 37.8 Å². The van der Waals surface area contributed by atoms with Crippen LogP contribution in [0.4, 0.5) is 0 Å². The van der Waals surface area contributed by atoms with Crippen molar-refractivity contribution in [3.8, 4) is 0 Å². The lowest BCUT2D eigenvalue weighted by molar-refractivity contribution is 0.190. The van der Waals surface area contributed by atoms with Gasteiger partial charge in [-0.25, -0.2) is 4.99 Å². The van der Waals surface area contributed by atoms with Crippen LogP contribution in [0.1, 0.15) is 26.5 Å². The van der Waals surface area contributed by atoms with Gasteiger partial charge in [0.15, 0.2) is 5.96 Å². The van der Waals surface area contributed by atoms with E-state index < -0.39 is 0 Å². The van der Waals surface area contributed by atoms with Gasteiger partial charge in [-0.1, -0.05) is 32.1 Å². The highest BCUT2D eigenvalue weighted by Gasteiger charge is 2.20. The first kappa shape index (κ1) is 20.9. The molecule has 0 aromatic carbocycles. The van der Waals surface area contributed by atoms with Gasteiger partial charge < -0.3 is 10.6 Å². The van der Waals surface area contributed by atoms with Crippen LogP contribution in [0.15, 0.2) is 54.7 Å². The lowest BCUT2D eigenvalue weighted by Crippen LogP contribution is -2.49. The molecule has 0 spiro atoms. The van der Waals surface area contributed by atoms with Crippen LogP contribution in [-0.2, 0) is 6.54 Å². The van der Waals surface area contributed by atoms with E-state index in [0.29, 0.717) is 18.5 Å². The smallest absolute Gasteiger partial charge is 0.191 e. The molecular formula is C20H33N5. The van der Waals surface area contributed by atoms with Crippen LogP contribution in [0.3, 0.4) is 0 Å². The first-order valence-electron chi connectivity index (χ1n) is 9.00. The molecule has 0 aliphatic rings. The number of hydrogen-bond acceptors (Lipinski definition) is 3. The maximum Gasteiger partial charge on any atom is 0.191 e. The summed E-state index contributed by atoms with van der Waals surface area (Å²) in [6.07, 6.45) is 5.68. The number of aromatic nitrogens is 1. The molecule has 2 N–H and O–H groups in total. The first-order chi connectivity index (χ1) is 12.1. The SMILES string of the molecule is C=CCN(CC=C)C(CNC(=NCc1ccccn1)NCC)C(C)C. The normalized spacial score (nSPS) is 12.9. The molecule has 0 saturated heterocycles. The summed E-state index contributed by atoms with van der Waals surface area (Å²) >= 11 is 0. The van der Waals surface area contributed by atoms with Gasteiger partial charge in [0.1, 0.15) is 0 Å². The Morgan fingerprint density at radius 3 is 2.48 bits per heavy atom. The predicted molar refractivity (Wildman–Crippen MR) is 108 cm³/mol. The Bertz CT molecular complexity index is 514. The van der Waals surface area contributed by atoms with Gasteiger partial charge in [0.2, 0.25) is 0 Å². The minimum Gasteiger partial charge on any atom is -0.357 e. The van der Waals surface area contributed by atoms with Crippen molar-refractivity contribution >= 4 is 5.96 Å². The van der Waals surface area contributed by atoms with Crippen molar-refractivity contribution in [2.45, 2.75) is 33.4 Å². The number of nitrogens with zero attached hydrogens (tertiary/aromatic N) is 3. The standard InChI is InChI=1S/C20H33N5/c1-6-13-25(14-7-2)19(17(4)5)16-24-20(21-8-3)23-15-18-11-9-10-12-22-18/h6-7,9-12,17,19H,1-2,8,13-16H2,3-5H3,(H2,21,23,24). The van der Waals surface area contributed by atoms with Gasteiger partial charge in [-0.2, -0.15) is 0 Å². The van der Waals surface area contributed by atoms with Gasteiger partial charge in [0.05, 0.1) is 12.2 Å². The van der Waals surface area contributed by atoms with Gasteiger partial charge in [-0.05, 0) is 25.0 Å². The fourth-order valence-electron chi connectivity index (χ4n) is 2.66. The van der Waals surface area contributed by atoms with Crippen LogP contribution in [-0.4, -0.2) is 48.1 Å². The summed E-state index contributed by atoms with van der Waals surface area (Å²) in [5.41, 5.74) is 0.958. The minimum absolute atomic E-state index is 0.370. The van der Waals surface area contributed by atoms with Gasteiger partial charge >= 0.3 is 0 Å². The van der Waals surface area contributed by atoms with E-state index in [4.69, 9.17) is 0 Å². The molecule has 1 unspecified atom stereocenters. The van der Waals surface area contributed by atoms with Crippen LogP contribution in [0.2, 0.25) is 0 Å². The van der Waals surface area contributed by atoms with Crippen LogP contribution >= 0.6 is 0 Å². The molecule has 0 aliphatic heterocycles. The Morgan fingerprint density at radius 2 is 1.96 bits per heavy atom. The van der Waals surface area contributed by atoms with Crippen molar-refractivity contribution in [3.63, 3.8) is 0 Å². The second-order valence-corrected chi connectivity index (χ2v) is 6.24. The summed E-state index contributed by atoms with van der Waals surface area (Å²) in [6.45, 7) is 18.2. The molecule has 0 amide bonds. The van der Waals surface area contributed by atoms with E-state index in [1.807, 2.05) is 30.4 Å². The highest BCUT2D eigenvalue weighted by Crippen LogP contribution is 2.10. The highest BCUT2D eigenvalue weighted by atomic mass is 15.2. The zero-order valence-corrected chi connectivity index (χ0v) is 15.9. The lowest BCUT2D eigenvalue weighted by atomic mass is 10.0. The molecule has 0 saturated carbocycles. The molecule has 0 radical (unpaired) electrons. The van der Waals surface area contributed by atoms with Crippen molar-refractivity contribution < 1.29 is 0 Å². The van der Waals surface area contributed by atoms with E-state index in [1.165, 1.54) is 0 Å². The molecule has 1 atom stereocenters. The van der Waals surface area contributed by atoms with E-state index in [1.54, 1.807) is 6.20 Å². The average molecular weight is 344 g/mol. The Morgan fingerprint density at radius 1 is 1.24 bits per heavy atom. The summed E-state index contributed by atoms with van der Waals surface area (Å²) in [5.74, 6) is 1.32. The monoisotopic (exact) mass is 343 g/mol. The van der Waals surface area contributed by atoms with Crippen molar-refractivity contribution in [1.82, 2.24) is 20.5 Å². The Labute approximate surface area is 153 Å². The van der Waals surface area contributed by atoms with E-state index in [2.05, 4.69) is 59.4 Å². The third-order valence-corrected chi connectivity index (χ3v) is 3.91. The van der Waals surface area contributed by atoms with E-state index >= 15 is 0 Å². The van der Waals surface area contributed by atoms with Gasteiger partial charge in [0.25, 0.3) is 0 Å². The summed E-state index contributed by atoms with van der Waals surface area (Å²) in [7, 11) is 0. The summed E-state index contributed by atoms with van der Waals surface area (Å²) in [6, 6.07) is 6.25. The molecule has 1 aromatic rings. The molecule has 25 heavy (non-hydrogen) atoms. The second-order valence-electron chi connectivity index (χ2n) is 6.24. The van der Waals surface area contributed by atoms with Gasteiger partial charge in [-0.3, -0.25) is 9.88 Å². The van der Waals surface area contributed by atoms with Crippen molar-refractivity contribution in [2.75, 3.05) is 26.2 Å². The number of pyridine rings is 1. The number of nitrogens with one attached hydrogen (secondary N) is 2. The molecular weight excluding hydrogens is 310 g/mol. The van der Waals surface area contributed by atoms with E-state index in [-0.39, 0.29) is 0 Å². The van der Waals surface area contributed by atoms with Crippen LogP contribution in [0.5, 0.6) is 0 Å². The summed E-state index contributed by atoms with van der Waals surface area (Å²) < 4.78 is 0. The first-order valence-corrected chi connectivity index (χ1v) is 9.00. The molecule has 0 bridgehead atoms. The zero-order chi connectivity index (χ0) is 18.5. The lowest BCUT2D eigenvalue weighted by Gasteiger charge is -2.33. The maximum absolute atomic E-state index is 4.64. The topological polar surface area (TPSA) is 52.5 Å². The molecule has 5 nitrogen and oxygen atoms in total. The van der Waals surface area contributed by atoms with Crippen molar-refractivity contribution in [1.29, 1.82) is 0 Å². The zero-order valence-electron chi connectivity index (χ0n) is 15.9. The molecule has 1 heterocycles. The quantitative estimate of drug-likeness (QED) is 0.368. The fourth-order valence-corrected chi connectivity index (χ4v) is 2.66.